The van der Waals surface area contributed by atoms with Crippen molar-refractivity contribution in [2.75, 3.05) is 0 Å². The quantitative estimate of drug-likeness (QED) is 0.439. The molecule has 0 aliphatic rings. The Labute approximate surface area is 64.2 Å². The molecule has 0 atom stereocenters. The molecule has 12 heavy (non-hydrogen) atoms. The molecular formula is C6H4F6. The lowest BCUT2D eigenvalue weighted by atomic mass is 10.4. The minimum absolute atomic E-state index is 0.282. The number of hydrogen-bond acceptors (Lipinski definition) is 0. The highest BCUT2D eigenvalue weighted by Gasteiger charge is 2.23. The summed E-state index contributed by atoms with van der Waals surface area (Å²) in [5.74, 6) is 0. The maximum atomic E-state index is 11.3. The van der Waals surface area contributed by atoms with Crippen molar-refractivity contribution in [2.24, 2.45) is 0 Å². The minimum Gasteiger partial charge on any atom is -0.167 e. The lowest BCUT2D eigenvalue weighted by Crippen LogP contribution is -2.01. The van der Waals surface area contributed by atoms with Crippen LogP contribution in [0.1, 0.15) is 0 Å². The topological polar surface area (TPSA) is 0 Å². The van der Waals surface area contributed by atoms with E-state index in [9.17, 15) is 26.3 Å². The van der Waals surface area contributed by atoms with Crippen molar-refractivity contribution in [1.82, 2.24) is 0 Å². The second kappa shape index (κ2) is 3.64. The number of halogens is 6. The Morgan fingerprint density at radius 2 is 0.833 bits per heavy atom. The summed E-state index contributed by atoms with van der Waals surface area (Å²) < 4.78 is 67.6. The van der Waals surface area contributed by atoms with Gasteiger partial charge in [-0.3, -0.25) is 0 Å². The van der Waals surface area contributed by atoms with E-state index >= 15 is 0 Å². The lowest BCUT2D eigenvalue weighted by molar-refractivity contribution is -0.0818. The third-order valence-electron chi connectivity index (χ3n) is 0.682. The normalized spacial score (nSPS) is 14.8. The molecule has 6 heteroatoms. The van der Waals surface area contributed by atoms with Crippen LogP contribution in [0.4, 0.5) is 26.3 Å². The van der Waals surface area contributed by atoms with E-state index in [1.54, 1.807) is 0 Å². The molecule has 0 aromatic rings. The van der Waals surface area contributed by atoms with Crippen LogP contribution in [0.3, 0.4) is 0 Å². The molecule has 0 unspecified atom stereocenters. The predicted molar refractivity (Wildman–Crippen MR) is 30.4 cm³/mol. The maximum absolute atomic E-state index is 11.3. The molecule has 0 aromatic heterocycles. The Bertz CT molecular complexity index is 159. The molecule has 0 aliphatic carbocycles. The van der Waals surface area contributed by atoms with Crippen molar-refractivity contribution in [2.45, 2.75) is 12.4 Å². The van der Waals surface area contributed by atoms with Crippen molar-refractivity contribution < 1.29 is 26.3 Å². The van der Waals surface area contributed by atoms with Crippen LogP contribution in [0, 0.1) is 0 Å². The molecule has 0 fully saturated rings. The maximum Gasteiger partial charge on any atom is 0.409 e. The standard InChI is InChI=1S/C6H4F6/c7-5(8,9)3-1-2-4-6(10,11)12/h1-4H. The van der Waals surface area contributed by atoms with Crippen molar-refractivity contribution >= 4 is 0 Å². The van der Waals surface area contributed by atoms with E-state index in [0.29, 0.717) is 0 Å². The Kier molecular flexibility index (Phi) is 3.36. The molecule has 0 aliphatic heterocycles. The molecule has 0 saturated carbocycles. The number of rotatable bonds is 1. The summed E-state index contributed by atoms with van der Waals surface area (Å²) in [7, 11) is 0. The van der Waals surface area contributed by atoms with Gasteiger partial charge in [-0.25, -0.2) is 0 Å². The third kappa shape index (κ3) is 9.06. The Morgan fingerprint density at radius 3 is 1.00 bits per heavy atom. The fraction of sp³-hybridized carbons (Fsp3) is 0.333. The van der Waals surface area contributed by atoms with E-state index < -0.39 is 12.4 Å². The SMILES string of the molecule is FC(F)(F)C=CC=CC(F)(F)F. The summed E-state index contributed by atoms with van der Waals surface area (Å²) in [5.41, 5.74) is 0. The van der Waals surface area contributed by atoms with E-state index in [1.165, 1.54) is 0 Å². The van der Waals surface area contributed by atoms with Gasteiger partial charge in [0, 0.05) is 12.2 Å². The van der Waals surface area contributed by atoms with E-state index in [-0.39, 0.29) is 24.3 Å². The number of alkyl halides is 6. The fourth-order valence-electron chi connectivity index (χ4n) is 0.329. The van der Waals surface area contributed by atoms with Gasteiger partial charge >= 0.3 is 12.4 Å². The van der Waals surface area contributed by atoms with Crippen molar-refractivity contribution in [3.8, 4) is 0 Å². The van der Waals surface area contributed by atoms with Gasteiger partial charge in [0.25, 0.3) is 0 Å². The first-order valence-corrected chi connectivity index (χ1v) is 2.71. The molecule has 0 aromatic carbocycles. The van der Waals surface area contributed by atoms with Crippen molar-refractivity contribution in [3.63, 3.8) is 0 Å². The third-order valence-corrected chi connectivity index (χ3v) is 0.682. The second-order valence-electron chi connectivity index (χ2n) is 1.80. The average molecular weight is 190 g/mol. The molecule has 70 valence electrons. The predicted octanol–water partition coefficient (Wildman–Crippen LogP) is 3.22. The molecule has 0 heterocycles. The van der Waals surface area contributed by atoms with Crippen LogP contribution in [0.25, 0.3) is 0 Å². The van der Waals surface area contributed by atoms with Crippen molar-refractivity contribution in [3.05, 3.63) is 24.3 Å². The zero-order valence-electron chi connectivity index (χ0n) is 5.58. The van der Waals surface area contributed by atoms with E-state index in [4.69, 9.17) is 0 Å². The molecule has 0 rings (SSSR count). The van der Waals surface area contributed by atoms with E-state index in [0.717, 1.165) is 0 Å². The molecule has 0 saturated heterocycles. The lowest BCUT2D eigenvalue weighted by Gasteiger charge is -1.96. The van der Waals surface area contributed by atoms with Gasteiger partial charge in [-0.15, -0.1) is 0 Å². The summed E-state index contributed by atoms with van der Waals surface area (Å²) >= 11 is 0. The van der Waals surface area contributed by atoms with Gasteiger partial charge in [0.1, 0.15) is 0 Å². The summed E-state index contributed by atoms with van der Waals surface area (Å²) in [5, 5.41) is 0. The molecule has 0 spiro atoms. The minimum atomic E-state index is -4.57. The van der Waals surface area contributed by atoms with Crippen LogP contribution in [0.5, 0.6) is 0 Å². The van der Waals surface area contributed by atoms with Crippen molar-refractivity contribution in [1.29, 1.82) is 0 Å². The highest BCUT2D eigenvalue weighted by atomic mass is 19.4. The fourth-order valence-corrected chi connectivity index (χ4v) is 0.329. The van der Waals surface area contributed by atoms with Crippen LogP contribution in [0.15, 0.2) is 24.3 Å². The first kappa shape index (κ1) is 11.1. The van der Waals surface area contributed by atoms with E-state index in [1.807, 2.05) is 0 Å². The van der Waals surface area contributed by atoms with Crippen LogP contribution < -0.4 is 0 Å². The van der Waals surface area contributed by atoms with Crippen LogP contribution >= 0.6 is 0 Å². The molecule has 0 bridgehead atoms. The molecule has 0 nitrogen and oxygen atoms in total. The van der Waals surface area contributed by atoms with Gasteiger partial charge in [0.15, 0.2) is 0 Å². The smallest absolute Gasteiger partial charge is 0.167 e. The summed E-state index contributed by atoms with van der Waals surface area (Å²) in [6, 6.07) is 0. The van der Waals surface area contributed by atoms with Gasteiger partial charge in [-0.2, -0.15) is 26.3 Å². The zero-order chi connectivity index (χ0) is 9.83. The molecule has 0 radical (unpaired) electrons. The Balaban J connectivity index is 4.00. The largest absolute Gasteiger partial charge is 0.409 e. The highest BCUT2D eigenvalue weighted by molar-refractivity contribution is 5.07. The molecule has 0 amide bonds. The van der Waals surface area contributed by atoms with E-state index in [2.05, 4.69) is 0 Å². The van der Waals surface area contributed by atoms with Crippen LogP contribution in [-0.4, -0.2) is 12.4 Å². The first-order valence-electron chi connectivity index (χ1n) is 2.71. The average Bonchev–Trinajstić information content (AvgIpc) is 1.76. The second-order valence-corrected chi connectivity index (χ2v) is 1.80. The van der Waals surface area contributed by atoms with Gasteiger partial charge in [0.2, 0.25) is 0 Å². The number of hydrogen-bond donors (Lipinski definition) is 0. The first-order chi connectivity index (χ1) is 5.21. The Morgan fingerprint density at radius 1 is 0.583 bits per heavy atom. The Hall–Kier alpha value is -0.940. The summed E-state index contributed by atoms with van der Waals surface area (Å²) in [6.45, 7) is 0. The zero-order valence-corrected chi connectivity index (χ0v) is 5.58. The molecule has 0 N–H and O–H groups in total. The summed E-state index contributed by atoms with van der Waals surface area (Å²) in [4.78, 5) is 0. The van der Waals surface area contributed by atoms with Gasteiger partial charge in [-0.05, 0) is 0 Å². The van der Waals surface area contributed by atoms with Gasteiger partial charge < -0.3 is 0 Å². The number of allylic oxidation sites excluding steroid dienone is 4. The van der Waals surface area contributed by atoms with Crippen LogP contribution in [-0.2, 0) is 0 Å². The molecular weight excluding hydrogens is 186 g/mol. The van der Waals surface area contributed by atoms with Crippen LogP contribution in [0.2, 0.25) is 0 Å². The highest BCUT2D eigenvalue weighted by Crippen LogP contribution is 2.18. The van der Waals surface area contributed by atoms with Gasteiger partial charge in [0.05, 0.1) is 0 Å². The monoisotopic (exact) mass is 190 g/mol. The summed E-state index contributed by atoms with van der Waals surface area (Å²) in [6.07, 6.45) is -9.14. The van der Waals surface area contributed by atoms with Gasteiger partial charge in [-0.1, -0.05) is 12.2 Å².